The van der Waals surface area contributed by atoms with Gasteiger partial charge in [-0.2, -0.15) is 0 Å². The van der Waals surface area contributed by atoms with E-state index in [-0.39, 0.29) is 12.5 Å². The van der Waals surface area contributed by atoms with Crippen molar-refractivity contribution in [1.29, 1.82) is 0 Å². The summed E-state index contributed by atoms with van der Waals surface area (Å²) in [6, 6.07) is 24.3. The highest BCUT2D eigenvalue weighted by molar-refractivity contribution is 5.92. The highest BCUT2D eigenvalue weighted by Crippen LogP contribution is 2.19. The van der Waals surface area contributed by atoms with E-state index < -0.39 is 0 Å². The Kier molecular flexibility index (Phi) is 5.95. The minimum atomic E-state index is -0.270. The van der Waals surface area contributed by atoms with Crippen LogP contribution in [0, 0.1) is 0 Å². The van der Waals surface area contributed by atoms with Gasteiger partial charge >= 0.3 is 0 Å². The number of rotatable bonds is 8. The molecule has 0 unspecified atom stereocenters. The second-order valence-electron chi connectivity index (χ2n) is 6.39. The van der Waals surface area contributed by atoms with Gasteiger partial charge in [0.05, 0.1) is 5.69 Å². The van der Waals surface area contributed by atoms with Crippen LogP contribution in [0.25, 0.3) is 5.69 Å². The van der Waals surface area contributed by atoms with Gasteiger partial charge in [0.2, 0.25) is 0 Å². The topological polar surface area (TPSA) is 91.2 Å². The average Bonchev–Trinajstić information content (AvgIpc) is 3.33. The summed E-state index contributed by atoms with van der Waals surface area (Å²) in [6.07, 6.45) is 1.48. The van der Waals surface area contributed by atoms with Crippen molar-refractivity contribution < 1.29 is 14.3 Å². The van der Waals surface area contributed by atoms with E-state index in [1.165, 1.54) is 11.0 Å². The van der Waals surface area contributed by atoms with E-state index in [9.17, 15) is 4.79 Å². The van der Waals surface area contributed by atoms with Crippen molar-refractivity contribution in [1.82, 2.24) is 20.2 Å². The van der Waals surface area contributed by atoms with E-state index in [1.54, 1.807) is 24.3 Å². The largest absolute Gasteiger partial charge is 0.489 e. The Morgan fingerprint density at radius 2 is 1.67 bits per heavy atom. The van der Waals surface area contributed by atoms with E-state index >= 15 is 0 Å². The predicted octanol–water partition coefficient (Wildman–Crippen LogP) is 3.26. The van der Waals surface area contributed by atoms with Crippen molar-refractivity contribution in [2.45, 2.75) is 6.61 Å². The zero-order valence-corrected chi connectivity index (χ0v) is 16.0. The molecule has 0 aliphatic heterocycles. The van der Waals surface area contributed by atoms with E-state index in [0.29, 0.717) is 18.0 Å². The average molecular weight is 401 g/mol. The number of anilines is 1. The summed E-state index contributed by atoms with van der Waals surface area (Å²) < 4.78 is 12.8. The maximum atomic E-state index is 12.2. The highest BCUT2D eigenvalue weighted by atomic mass is 16.5. The Balaban J connectivity index is 1.26. The van der Waals surface area contributed by atoms with Gasteiger partial charge in [-0.1, -0.05) is 36.4 Å². The van der Waals surface area contributed by atoms with Crippen molar-refractivity contribution in [3.63, 3.8) is 0 Å². The molecule has 30 heavy (non-hydrogen) atoms. The number of nitrogens with one attached hydrogen (secondary N) is 1. The maximum absolute atomic E-state index is 12.2. The summed E-state index contributed by atoms with van der Waals surface area (Å²) in [7, 11) is 0. The minimum Gasteiger partial charge on any atom is -0.489 e. The lowest BCUT2D eigenvalue weighted by molar-refractivity contribution is -0.118. The van der Waals surface area contributed by atoms with Crippen molar-refractivity contribution in [3.8, 4) is 17.2 Å². The molecule has 3 aromatic carbocycles. The van der Waals surface area contributed by atoms with Crippen molar-refractivity contribution >= 4 is 11.6 Å². The van der Waals surface area contributed by atoms with E-state index in [2.05, 4.69) is 20.8 Å². The molecule has 4 aromatic rings. The fourth-order valence-corrected chi connectivity index (χ4v) is 2.72. The Morgan fingerprint density at radius 3 is 2.40 bits per heavy atom. The van der Waals surface area contributed by atoms with Crippen LogP contribution in [0.1, 0.15) is 5.56 Å². The molecule has 0 bridgehead atoms. The number of ether oxygens (including phenoxy) is 2. The Morgan fingerprint density at radius 1 is 0.900 bits per heavy atom. The number of benzene rings is 3. The number of aromatic nitrogens is 4. The first-order chi connectivity index (χ1) is 14.8. The van der Waals surface area contributed by atoms with E-state index in [4.69, 9.17) is 9.47 Å². The summed E-state index contributed by atoms with van der Waals surface area (Å²) in [5.74, 6) is 1.04. The molecule has 0 fully saturated rings. The van der Waals surface area contributed by atoms with Gasteiger partial charge in [-0.05, 0) is 58.5 Å². The summed E-state index contributed by atoms with van der Waals surface area (Å²) >= 11 is 0. The summed E-state index contributed by atoms with van der Waals surface area (Å²) in [5.41, 5.74) is 2.46. The molecule has 1 amide bonds. The minimum absolute atomic E-state index is 0.112. The van der Waals surface area contributed by atoms with Crippen LogP contribution in [0.15, 0.2) is 85.2 Å². The van der Waals surface area contributed by atoms with Gasteiger partial charge < -0.3 is 14.8 Å². The van der Waals surface area contributed by atoms with Crippen LogP contribution in [-0.2, 0) is 11.4 Å². The van der Waals surface area contributed by atoms with E-state index in [0.717, 1.165) is 17.0 Å². The van der Waals surface area contributed by atoms with Gasteiger partial charge in [-0.3, -0.25) is 4.79 Å². The molecule has 0 radical (unpaired) electrons. The zero-order chi connectivity index (χ0) is 20.6. The molecule has 8 heteroatoms. The smallest absolute Gasteiger partial charge is 0.262 e. The first kappa shape index (κ1) is 19.1. The fraction of sp³-hybridized carbons (Fsp3) is 0.0909. The van der Waals surface area contributed by atoms with Gasteiger partial charge in [0.25, 0.3) is 5.91 Å². The van der Waals surface area contributed by atoms with Crippen LogP contribution < -0.4 is 14.8 Å². The first-order valence-corrected chi connectivity index (χ1v) is 9.29. The molecule has 0 aliphatic carbocycles. The molecule has 150 valence electrons. The van der Waals surface area contributed by atoms with E-state index in [1.807, 2.05) is 54.6 Å². The van der Waals surface area contributed by atoms with Gasteiger partial charge in [0.15, 0.2) is 6.61 Å². The molecule has 8 nitrogen and oxygen atoms in total. The Bertz CT molecular complexity index is 1080. The Hall–Kier alpha value is -4.20. The molecular formula is C22H19N5O3. The molecule has 0 atom stereocenters. The SMILES string of the molecule is O=C(COc1ccc(OCc2ccccc2)cc1)Nc1cccc(-n2cnnn2)c1. The molecule has 1 aromatic heterocycles. The lowest BCUT2D eigenvalue weighted by Gasteiger charge is -2.10. The number of hydrogen-bond donors (Lipinski definition) is 1. The van der Waals surface area contributed by atoms with Crippen molar-refractivity contribution in [3.05, 3.63) is 90.8 Å². The lowest BCUT2D eigenvalue weighted by atomic mass is 10.2. The van der Waals surface area contributed by atoms with Gasteiger partial charge in [-0.15, -0.1) is 5.10 Å². The van der Waals surface area contributed by atoms with Gasteiger partial charge in [0.1, 0.15) is 24.4 Å². The van der Waals surface area contributed by atoms with Crippen molar-refractivity contribution in [2.75, 3.05) is 11.9 Å². The number of amides is 1. The summed E-state index contributed by atoms with van der Waals surface area (Å²) in [4.78, 5) is 12.2. The standard InChI is InChI=1S/C22H19N5O3/c28-22(24-18-7-4-8-19(13-18)27-16-23-25-26-27)15-30-21-11-9-20(10-12-21)29-14-17-5-2-1-3-6-17/h1-13,16H,14-15H2,(H,24,28). The third-order valence-electron chi connectivity index (χ3n) is 4.19. The molecule has 1 N–H and O–H groups in total. The van der Waals surface area contributed by atoms with Crippen molar-refractivity contribution in [2.24, 2.45) is 0 Å². The van der Waals surface area contributed by atoms with Crippen LogP contribution in [-0.4, -0.2) is 32.7 Å². The summed E-state index contributed by atoms with van der Waals surface area (Å²) in [5, 5.41) is 13.8. The number of carbonyl (C=O) groups is 1. The predicted molar refractivity (Wildman–Crippen MR) is 110 cm³/mol. The maximum Gasteiger partial charge on any atom is 0.262 e. The van der Waals surface area contributed by atoms with Crippen LogP contribution in [0.3, 0.4) is 0 Å². The van der Waals surface area contributed by atoms with Crippen LogP contribution in [0.5, 0.6) is 11.5 Å². The lowest BCUT2D eigenvalue weighted by Crippen LogP contribution is -2.20. The van der Waals surface area contributed by atoms with Crippen LogP contribution in [0.4, 0.5) is 5.69 Å². The quantitative estimate of drug-likeness (QED) is 0.487. The number of nitrogens with zero attached hydrogens (tertiary/aromatic N) is 4. The summed E-state index contributed by atoms with van der Waals surface area (Å²) in [6.45, 7) is 0.381. The zero-order valence-electron chi connectivity index (χ0n) is 16.0. The third kappa shape index (κ3) is 5.20. The van der Waals surface area contributed by atoms with Gasteiger partial charge in [0, 0.05) is 5.69 Å². The number of hydrogen-bond acceptors (Lipinski definition) is 6. The monoisotopic (exact) mass is 401 g/mol. The molecule has 1 heterocycles. The second-order valence-corrected chi connectivity index (χ2v) is 6.39. The van der Waals surface area contributed by atoms with Gasteiger partial charge in [-0.25, -0.2) is 4.68 Å². The molecule has 0 saturated carbocycles. The number of carbonyl (C=O) groups excluding carboxylic acids is 1. The fourth-order valence-electron chi connectivity index (χ4n) is 2.72. The van der Waals surface area contributed by atoms with Crippen LogP contribution in [0.2, 0.25) is 0 Å². The molecular weight excluding hydrogens is 382 g/mol. The third-order valence-corrected chi connectivity index (χ3v) is 4.19. The molecule has 4 rings (SSSR count). The first-order valence-electron chi connectivity index (χ1n) is 9.29. The number of tetrazole rings is 1. The highest BCUT2D eigenvalue weighted by Gasteiger charge is 2.06. The molecule has 0 aliphatic rings. The second kappa shape index (κ2) is 9.33. The normalized spacial score (nSPS) is 10.4. The van der Waals surface area contributed by atoms with Crippen LogP contribution >= 0.6 is 0 Å². The molecule has 0 spiro atoms. The molecule has 0 saturated heterocycles. The Labute approximate surface area is 173 Å².